The van der Waals surface area contributed by atoms with Crippen molar-refractivity contribution in [3.05, 3.63) is 27.4 Å². The maximum absolute atomic E-state index is 10.8. The molecule has 0 saturated heterocycles. The van der Waals surface area contributed by atoms with Crippen LogP contribution < -0.4 is 0 Å². The van der Waals surface area contributed by atoms with E-state index >= 15 is 0 Å². The lowest BCUT2D eigenvalue weighted by Crippen LogP contribution is -2.15. The standard InChI is InChI=1S/C9H9ClN2O4S/c1-2-7(9(13)14)17-8-6(10)3-5(4-11-8)12(15)16/h3-4,7H,2H2,1H3,(H,13,14). The first-order valence-electron chi connectivity index (χ1n) is 4.65. The van der Waals surface area contributed by atoms with Crippen molar-refractivity contribution in [2.75, 3.05) is 0 Å². The molecule has 1 heterocycles. The van der Waals surface area contributed by atoms with E-state index in [1.54, 1.807) is 6.92 Å². The molecule has 0 saturated carbocycles. The summed E-state index contributed by atoms with van der Waals surface area (Å²) in [7, 11) is 0. The normalized spacial score (nSPS) is 12.1. The van der Waals surface area contributed by atoms with Crippen molar-refractivity contribution < 1.29 is 14.8 Å². The smallest absolute Gasteiger partial charge is 0.317 e. The van der Waals surface area contributed by atoms with Gasteiger partial charge < -0.3 is 5.11 Å². The molecule has 1 rings (SSSR count). The zero-order valence-electron chi connectivity index (χ0n) is 8.79. The van der Waals surface area contributed by atoms with E-state index in [4.69, 9.17) is 16.7 Å². The first-order valence-corrected chi connectivity index (χ1v) is 5.90. The second-order valence-electron chi connectivity index (χ2n) is 3.09. The molecule has 1 aromatic heterocycles. The molecule has 0 aromatic carbocycles. The number of aliphatic carboxylic acids is 1. The van der Waals surface area contributed by atoms with Gasteiger partial charge in [-0.2, -0.15) is 0 Å². The average Bonchev–Trinajstić information content (AvgIpc) is 2.26. The molecule has 6 nitrogen and oxygen atoms in total. The van der Waals surface area contributed by atoms with E-state index in [1.807, 2.05) is 0 Å². The largest absolute Gasteiger partial charge is 0.480 e. The van der Waals surface area contributed by atoms with Gasteiger partial charge in [-0.1, -0.05) is 30.3 Å². The molecular formula is C9H9ClN2O4S. The fourth-order valence-corrected chi connectivity index (χ4v) is 2.16. The lowest BCUT2D eigenvalue weighted by molar-refractivity contribution is -0.385. The number of carbonyl (C=O) groups is 1. The van der Waals surface area contributed by atoms with Gasteiger partial charge in [-0.3, -0.25) is 14.9 Å². The third-order valence-corrected chi connectivity index (χ3v) is 3.67. The Kier molecular flexibility index (Phi) is 4.71. The Morgan fingerprint density at radius 1 is 1.76 bits per heavy atom. The van der Waals surface area contributed by atoms with Crippen LogP contribution in [0.5, 0.6) is 0 Å². The number of nitro groups is 1. The van der Waals surface area contributed by atoms with Crippen LogP contribution in [0.2, 0.25) is 5.02 Å². The number of aromatic nitrogens is 1. The Morgan fingerprint density at radius 2 is 2.41 bits per heavy atom. The summed E-state index contributed by atoms with van der Waals surface area (Å²) in [5.41, 5.74) is -0.220. The summed E-state index contributed by atoms with van der Waals surface area (Å²) in [6.45, 7) is 1.73. The summed E-state index contributed by atoms with van der Waals surface area (Å²) in [6, 6.07) is 1.16. The van der Waals surface area contributed by atoms with Crippen molar-refractivity contribution in [2.45, 2.75) is 23.6 Å². The highest BCUT2D eigenvalue weighted by Gasteiger charge is 2.20. The van der Waals surface area contributed by atoms with Crippen LogP contribution in [0.4, 0.5) is 5.69 Å². The van der Waals surface area contributed by atoms with Gasteiger partial charge in [0.2, 0.25) is 0 Å². The summed E-state index contributed by atoms with van der Waals surface area (Å²) < 4.78 is 0. The molecule has 1 aromatic rings. The van der Waals surface area contributed by atoms with Crippen LogP contribution in [-0.4, -0.2) is 26.2 Å². The summed E-state index contributed by atoms with van der Waals surface area (Å²) in [5.74, 6) is -0.964. The first-order chi connectivity index (χ1) is 7.95. The number of rotatable bonds is 5. The minimum absolute atomic E-state index is 0.0869. The number of hydrogen-bond acceptors (Lipinski definition) is 5. The Balaban J connectivity index is 2.93. The number of hydrogen-bond donors (Lipinski definition) is 1. The van der Waals surface area contributed by atoms with Crippen LogP contribution in [0.1, 0.15) is 13.3 Å². The van der Waals surface area contributed by atoms with Gasteiger partial charge >= 0.3 is 5.97 Å². The van der Waals surface area contributed by atoms with E-state index < -0.39 is 16.1 Å². The SMILES string of the molecule is CCC(Sc1ncc([N+](=O)[O-])cc1Cl)C(=O)O. The minimum atomic E-state index is -0.964. The van der Waals surface area contributed by atoms with Gasteiger partial charge in [0.15, 0.2) is 0 Å². The molecule has 0 aliphatic heterocycles. The Morgan fingerprint density at radius 3 is 2.82 bits per heavy atom. The van der Waals surface area contributed by atoms with Crippen molar-refractivity contribution >= 4 is 35.0 Å². The van der Waals surface area contributed by atoms with E-state index in [-0.39, 0.29) is 15.7 Å². The first kappa shape index (κ1) is 13.7. The highest BCUT2D eigenvalue weighted by Crippen LogP contribution is 2.31. The molecule has 0 amide bonds. The highest BCUT2D eigenvalue weighted by atomic mass is 35.5. The fraction of sp³-hybridized carbons (Fsp3) is 0.333. The van der Waals surface area contributed by atoms with Gasteiger partial charge in [-0.05, 0) is 6.42 Å². The van der Waals surface area contributed by atoms with Crippen molar-refractivity contribution in [2.24, 2.45) is 0 Å². The second kappa shape index (κ2) is 5.83. The maximum atomic E-state index is 10.8. The third kappa shape index (κ3) is 3.57. The van der Waals surface area contributed by atoms with Crippen LogP contribution in [0.3, 0.4) is 0 Å². The van der Waals surface area contributed by atoms with E-state index in [2.05, 4.69) is 4.98 Å². The van der Waals surface area contributed by atoms with E-state index in [0.717, 1.165) is 24.0 Å². The Hall–Kier alpha value is -1.34. The number of carboxylic acids is 1. The fourth-order valence-electron chi connectivity index (χ4n) is 1.04. The molecule has 1 N–H and O–H groups in total. The maximum Gasteiger partial charge on any atom is 0.317 e. The van der Waals surface area contributed by atoms with Crippen LogP contribution in [-0.2, 0) is 4.79 Å². The van der Waals surface area contributed by atoms with Gasteiger partial charge in [-0.25, -0.2) is 4.98 Å². The molecule has 0 aliphatic rings. The predicted molar refractivity (Wildman–Crippen MR) is 63.5 cm³/mol. The lowest BCUT2D eigenvalue weighted by Gasteiger charge is -2.09. The molecule has 0 spiro atoms. The zero-order chi connectivity index (χ0) is 13.0. The van der Waals surface area contributed by atoms with Crippen LogP contribution in [0.15, 0.2) is 17.3 Å². The van der Waals surface area contributed by atoms with E-state index in [9.17, 15) is 14.9 Å². The Bertz CT molecular complexity index is 455. The molecule has 17 heavy (non-hydrogen) atoms. The van der Waals surface area contributed by atoms with Crippen molar-refractivity contribution in [1.29, 1.82) is 0 Å². The average molecular weight is 277 g/mol. The molecule has 0 radical (unpaired) electrons. The number of nitrogens with zero attached hydrogens (tertiary/aromatic N) is 2. The molecule has 1 atom stereocenters. The molecule has 1 unspecified atom stereocenters. The van der Waals surface area contributed by atoms with E-state index in [0.29, 0.717) is 6.42 Å². The van der Waals surface area contributed by atoms with Gasteiger partial charge in [0.05, 0.1) is 9.95 Å². The van der Waals surface area contributed by atoms with Crippen molar-refractivity contribution in [3.8, 4) is 0 Å². The van der Waals surface area contributed by atoms with Crippen molar-refractivity contribution in [1.82, 2.24) is 4.98 Å². The molecule has 0 bridgehead atoms. The second-order valence-corrected chi connectivity index (χ2v) is 4.69. The number of halogens is 1. The monoisotopic (exact) mass is 276 g/mol. The Labute approximate surface area is 106 Å². The third-order valence-electron chi connectivity index (χ3n) is 1.90. The van der Waals surface area contributed by atoms with Gasteiger partial charge in [-0.15, -0.1) is 0 Å². The number of pyridine rings is 1. The molecule has 8 heteroatoms. The summed E-state index contributed by atoms with van der Waals surface area (Å²) >= 11 is 6.78. The highest BCUT2D eigenvalue weighted by molar-refractivity contribution is 8.00. The quantitative estimate of drug-likeness (QED) is 0.505. The molecule has 0 fully saturated rings. The molecule has 0 aliphatic carbocycles. The van der Waals surface area contributed by atoms with Crippen LogP contribution in [0, 0.1) is 10.1 Å². The minimum Gasteiger partial charge on any atom is -0.480 e. The number of carboxylic acid groups (broad SMARTS) is 1. The predicted octanol–water partition coefficient (Wildman–Crippen LogP) is 2.60. The topological polar surface area (TPSA) is 93.3 Å². The number of thioether (sulfide) groups is 1. The van der Waals surface area contributed by atoms with Gasteiger partial charge in [0.1, 0.15) is 16.5 Å². The van der Waals surface area contributed by atoms with E-state index in [1.165, 1.54) is 0 Å². The van der Waals surface area contributed by atoms with Crippen LogP contribution in [0.25, 0.3) is 0 Å². The van der Waals surface area contributed by atoms with Gasteiger partial charge in [0.25, 0.3) is 5.69 Å². The zero-order valence-corrected chi connectivity index (χ0v) is 10.4. The lowest BCUT2D eigenvalue weighted by atomic mass is 10.3. The summed E-state index contributed by atoms with van der Waals surface area (Å²) in [4.78, 5) is 24.5. The van der Waals surface area contributed by atoms with Crippen LogP contribution >= 0.6 is 23.4 Å². The summed E-state index contributed by atoms with van der Waals surface area (Å²) in [5, 5.41) is 19.0. The molecule has 92 valence electrons. The van der Waals surface area contributed by atoms with Crippen molar-refractivity contribution in [3.63, 3.8) is 0 Å². The summed E-state index contributed by atoms with van der Waals surface area (Å²) in [6.07, 6.45) is 1.47. The molecular weight excluding hydrogens is 268 g/mol. The van der Waals surface area contributed by atoms with Gasteiger partial charge in [0, 0.05) is 6.07 Å².